The summed E-state index contributed by atoms with van der Waals surface area (Å²) in [5.41, 5.74) is -0.141. The van der Waals surface area contributed by atoms with Crippen LogP contribution >= 0.6 is 23.3 Å². The number of nitrogens with zero attached hydrogens (tertiary/aromatic N) is 2. The lowest BCUT2D eigenvalue weighted by molar-refractivity contribution is 0.165. The molecule has 1 rings (SSSR count). The van der Waals surface area contributed by atoms with Gasteiger partial charge < -0.3 is 10.4 Å². The lowest BCUT2D eigenvalue weighted by Gasteiger charge is -2.28. The maximum Gasteiger partial charge on any atom is 0.169 e. The monoisotopic (exact) mass is 275 g/mol. The zero-order chi connectivity index (χ0) is 12.6. The van der Waals surface area contributed by atoms with E-state index in [0.717, 1.165) is 35.9 Å². The highest BCUT2D eigenvalue weighted by atomic mass is 32.2. The summed E-state index contributed by atoms with van der Waals surface area (Å²) in [6.45, 7) is 5.37. The molecule has 0 radical (unpaired) electrons. The number of aliphatic hydroxyl groups is 1. The van der Waals surface area contributed by atoms with Gasteiger partial charge in [-0.2, -0.15) is 4.37 Å². The number of thioether (sulfide) groups is 1. The van der Waals surface area contributed by atoms with Crippen LogP contribution in [0.3, 0.4) is 0 Å². The van der Waals surface area contributed by atoms with E-state index in [-0.39, 0.29) is 12.1 Å². The maximum atomic E-state index is 9.41. The van der Waals surface area contributed by atoms with E-state index in [9.17, 15) is 5.11 Å². The van der Waals surface area contributed by atoms with Gasteiger partial charge in [-0.25, -0.2) is 4.98 Å². The van der Waals surface area contributed by atoms with Crippen LogP contribution in [0.2, 0.25) is 0 Å². The van der Waals surface area contributed by atoms with E-state index in [1.54, 1.807) is 18.1 Å². The minimum Gasteiger partial charge on any atom is -0.394 e. The van der Waals surface area contributed by atoms with Crippen LogP contribution in [0, 0.1) is 0 Å². The molecule has 1 unspecified atom stereocenters. The second-order valence-electron chi connectivity index (χ2n) is 4.30. The molecule has 1 heterocycles. The normalized spacial score (nSPS) is 14.8. The van der Waals surface area contributed by atoms with Crippen molar-refractivity contribution < 1.29 is 5.11 Å². The Bertz CT molecular complexity index is 295. The van der Waals surface area contributed by atoms with E-state index < -0.39 is 0 Å². The Morgan fingerprint density at radius 1 is 1.59 bits per heavy atom. The Kier molecular flexibility index (Phi) is 7.03. The fourth-order valence-electron chi connectivity index (χ4n) is 1.50. The summed E-state index contributed by atoms with van der Waals surface area (Å²) in [5, 5.41) is 12.8. The molecule has 0 saturated carbocycles. The highest BCUT2D eigenvalue weighted by molar-refractivity contribution is 8.00. The van der Waals surface area contributed by atoms with Gasteiger partial charge in [-0.05, 0) is 44.3 Å². The number of rotatable bonds is 9. The summed E-state index contributed by atoms with van der Waals surface area (Å²) in [7, 11) is 0. The molecule has 0 spiro atoms. The van der Waals surface area contributed by atoms with E-state index in [1.165, 1.54) is 11.5 Å². The Balaban J connectivity index is 2.18. The fraction of sp³-hybridized carbons (Fsp3) is 0.818. The fourth-order valence-corrected chi connectivity index (χ4v) is 2.95. The van der Waals surface area contributed by atoms with Crippen molar-refractivity contribution in [1.29, 1.82) is 0 Å². The van der Waals surface area contributed by atoms with Crippen molar-refractivity contribution in [3.8, 4) is 0 Å². The smallest absolute Gasteiger partial charge is 0.169 e. The van der Waals surface area contributed by atoms with Gasteiger partial charge in [0, 0.05) is 11.3 Å². The van der Waals surface area contributed by atoms with Gasteiger partial charge in [0.25, 0.3) is 0 Å². The van der Waals surface area contributed by atoms with Crippen LogP contribution in [0.1, 0.15) is 33.1 Å². The molecule has 0 aromatic carbocycles. The Morgan fingerprint density at radius 2 is 2.41 bits per heavy atom. The van der Waals surface area contributed by atoms with Crippen molar-refractivity contribution in [2.75, 3.05) is 18.9 Å². The zero-order valence-electron chi connectivity index (χ0n) is 10.5. The van der Waals surface area contributed by atoms with Crippen LogP contribution in [0.25, 0.3) is 0 Å². The highest BCUT2D eigenvalue weighted by Crippen LogP contribution is 2.21. The first-order valence-corrected chi connectivity index (χ1v) is 7.71. The van der Waals surface area contributed by atoms with Crippen molar-refractivity contribution >= 4 is 23.3 Å². The van der Waals surface area contributed by atoms with E-state index in [2.05, 4.69) is 28.5 Å². The first-order valence-electron chi connectivity index (χ1n) is 5.95. The van der Waals surface area contributed by atoms with Crippen LogP contribution in [0.15, 0.2) is 10.7 Å². The molecule has 17 heavy (non-hydrogen) atoms. The number of aromatic nitrogens is 2. The largest absolute Gasteiger partial charge is 0.394 e. The van der Waals surface area contributed by atoms with Crippen molar-refractivity contribution in [3.05, 3.63) is 6.33 Å². The van der Waals surface area contributed by atoms with E-state index >= 15 is 0 Å². The van der Waals surface area contributed by atoms with Gasteiger partial charge >= 0.3 is 0 Å². The average Bonchev–Trinajstić information content (AvgIpc) is 2.85. The molecule has 0 saturated heterocycles. The summed E-state index contributed by atoms with van der Waals surface area (Å²) < 4.78 is 4.99. The second-order valence-corrected chi connectivity index (χ2v) is 6.43. The molecule has 0 amide bonds. The highest BCUT2D eigenvalue weighted by Gasteiger charge is 2.21. The van der Waals surface area contributed by atoms with Crippen molar-refractivity contribution in [1.82, 2.24) is 14.7 Å². The molecule has 1 aromatic heterocycles. The third kappa shape index (κ3) is 5.81. The van der Waals surface area contributed by atoms with Crippen LogP contribution < -0.4 is 5.32 Å². The summed E-state index contributed by atoms with van der Waals surface area (Å²) in [6.07, 6.45) is 4.73. The van der Waals surface area contributed by atoms with Crippen LogP contribution in [0.4, 0.5) is 0 Å². The van der Waals surface area contributed by atoms with Crippen LogP contribution in [-0.4, -0.2) is 38.9 Å². The number of aliphatic hydroxyl groups excluding tert-OH is 1. The van der Waals surface area contributed by atoms with Crippen molar-refractivity contribution in [2.45, 2.75) is 43.0 Å². The van der Waals surface area contributed by atoms with E-state index in [0.29, 0.717) is 0 Å². The third-order valence-electron chi connectivity index (χ3n) is 2.59. The molecule has 4 nitrogen and oxygen atoms in total. The molecule has 1 aromatic rings. The third-order valence-corrected chi connectivity index (χ3v) is 4.47. The molecule has 1 atom stereocenters. The zero-order valence-corrected chi connectivity index (χ0v) is 12.1. The molecule has 2 N–H and O–H groups in total. The molecule has 98 valence electrons. The molecular weight excluding hydrogens is 254 g/mol. The van der Waals surface area contributed by atoms with Gasteiger partial charge in [-0.3, -0.25) is 0 Å². The first-order chi connectivity index (χ1) is 8.20. The van der Waals surface area contributed by atoms with Gasteiger partial charge in [0.05, 0.1) is 6.61 Å². The minimum absolute atomic E-state index is 0.141. The minimum atomic E-state index is -0.141. The predicted molar refractivity (Wildman–Crippen MR) is 73.7 cm³/mol. The van der Waals surface area contributed by atoms with E-state index in [1.807, 2.05) is 0 Å². The maximum absolute atomic E-state index is 9.41. The summed E-state index contributed by atoms with van der Waals surface area (Å²) in [6, 6.07) is 0. The number of nitrogens with one attached hydrogen (secondary N) is 1. The standard InChI is InChI=1S/C11H21N3OS2/c1-3-6-13-11(2,8-15)5-4-7-16-10-12-9-14-17-10/h9,13,15H,3-8H2,1-2H3. The Labute approximate surface area is 111 Å². The van der Waals surface area contributed by atoms with Gasteiger partial charge in [0.15, 0.2) is 4.34 Å². The molecule has 0 fully saturated rings. The lowest BCUT2D eigenvalue weighted by atomic mass is 9.97. The van der Waals surface area contributed by atoms with Gasteiger partial charge in [-0.15, -0.1) is 0 Å². The molecule has 0 aliphatic carbocycles. The van der Waals surface area contributed by atoms with E-state index in [4.69, 9.17) is 0 Å². The van der Waals surface area contributed by atoms with Crippen molar-refractivity contribution in [2.24, 2.45) is 0 Å². The molecule has 0 bridgehead atoms. The number of hydrogen-bond donors (Lipinski definition) is 2. The Morgan fingerprint density at radius 3 is 3.00 bits per heavy atom. The quantitative estimate of drug-likeness (QED) is 0.534. The van der Waals surface area contributed by atoms with Gasteiger partial charge in [0.2, 0.25) is 0 Å². The van der Waals surface area contributed by atoms with Gasteiger partial charge in [-0.1, -0.05) is 18.7 Å². The number of hydrogen-bond acceptors (Lipinski definition) is 6. The summed E-state index contributed by atoms with van der Waals surface area (Å²) in [5.74, 6) is 1.03. The first kappa shape index (κ1) is 14.9. The molecule has 0 aliphatic heterocycles. The predicted octanol–water partition coefficient (Wildman–Crippen LogP) is 2.16. The topological polar surface area (TPSA) is 58.0 Å². The molecular formula is C11H21N3OS2. The van der Waals surface area contributed by atoms with Gasteiger partial charge in [0.1, 0.15) is 6.33 Å². The Hall–Kier alpha value is -0.170. The summed E-state index contributed by atoms with van der Waals surface area (Å²) >= 11 is 3.17. The van der Waals surface area contributed by atoms with Crippen LogP contribution in [0.5, 0.6) is 0 Å². The second kappa shape index (κ2) is 8.02. The average molecular weight is 275 g/mol. The van der Waals surface area contributed by atoms with Crippen LogP contribution in [-0.2, 0) is 0 Å². The molecule has 0 aliphatic rings. The van der Waals surface area contributed by atoms with Crippen molar-refractivity contribution in [3.63, 3.8) is 0 Å². The lowest BCUT2D eigenvalue weighted by Crippen LogP contribution is -2.46. The SMILES string of the molecule is CCCNC(C)(CO)CCCSc1ncns1. The summed E-state index contributed by atoms with van der Waals surface area (Å²) in [4.78, 5) is 4.13. The molecule has 6 heteroatoms.